The van der Waals surface area contributed by atoms with E-state index in [9.17, 15) is 9.59 Å². The zero-order valence-corrected chi connectivity index (χ0v) is 12.3. The Balaban J connectivity index is 2.69. The summed E-state index contributed by atoms with van der Waals surface area (Å²) < 4.78 is 5.83. The molecule has 0 aliphatic heterocycles. The Kier molecular flexibility index (Phi) is 5.35. The molecule has 5 heteroatoms. The van der Waals surface area contributed by atoms with Crippen molar-refractivity contribution in [3.05, 3.63) is 0 Å². The number of aliphatic carboxylic acids is 1. The molecule has 5 nitrogen and oxygen atoms in total. The predicted octanol–water partition coefficient (Wildman–Crippen LogP) is 2.05. The van der Waals surface area contributed by atoms with Crippen molar-refractivity contribution in [3.8, 4) is 0 Å². The number of nitrogens with zero attached hydrogens (tertiary/aromatic N) is 1. The van der Waals surface area contributed by atoms with Gasteiger partial charge in [0.05, 0.1) is 6.10 Å². The molecule has 0 aromatic carbocycles. The van der Waals surface area contributed by atoms with Crippen molar-refractivity contribution in [1.82, 2.24) is 4.90 Å². The molecule has 1 rings (SSSR count). The number of ether oxygens (including phenoxy) is 1. The van der Waals surface area contributed by atoms with Crippen LogP contribution in [0, 0.1) is 0 Å². The summed E-state index contributed by atoms with van der Waals surface area (Å²) in [5.41, 5.74) is -1.22. The van der Waals surface area contributed by atoms with E-state index in [1.54, 1.807) is 0 Å². The highest BCUT2D eigenvalue weighted by atomic mass is 16.5. The third-order valence-corrected chi connectivity index (χ3v) is 4.00. The van der Waals surface area contributed by atoms with E-state index < -0.39 is 17.6 Å². The van der Waals surface area contributed by atoms with Gasteiger partial charge in [-0.15, -0.1) is 0 Å². The van der Waals surface area contributed by atoms with Gasteiger partial charge in [0.25, 0.3) is 5.91 Å². The fraction of sp³-hybridized carbons (Fsp3) is 0.857. The van der Waals surface area contributed by atoms with Crippen molar-refractivity contribution >= 4 is 11.9 Å². The normalized spacial score (nSPS) is 18.3. The van der Waals surface area contributed by atoms with Gasteiger partial charge in [-0.3, -0.25) is 4.79 Å². The van der Waals surface area contributed by atoms with Gasteiger partial charge >= 0.3 is 5.97 Å². The van der Waals surface area contributed by atoms with E-state index in [0.29, 0.717) is 6.42 Å². The number of likely N-dealkylation sites (N-methyl/N-ethyl adjacent to an activating group) is 1. The quantitative estimate of drug-likeness (QED) is 0.803. The van der Waals surface area contributed by atoms with Crippen molar-refractivity contribution in [3.63, 3.8) is 0 Å². The molecule has 19 heavy (non-hydrogen) atoms. The van der Waals surface area contributed by atoms with Crippen molar-refractivity contribution in [2.45, 2.75) is 70.6 Å². The van der Waals surface area contributed by atoms with Crippen LogP contribution in [0.4, 0.5) is 0 Å². The number of carbonyl (C=O) groups is 2. The Morgan fingerprint density at radius 3 is 2.32 bits per heavy atom. The average Bonchev–Trinajstić information content (AvgIpc) is 2.86. The first-order valence-electron chi connectivity index (χ1n) is 6.97. The highest BCUT2D eigenvalue weighted by Gasteiger charge is 2.38. The third kappa shape index (κ3) is 3.69. The van der Waals surface area contributed by atoms with Crippen LogP contribution >= 0.6 is 0 Å². The lowest BCUT2D eigenvalue weighted by atomic mass is 10.0. The van der Waals surface area contributed by atoms with Gasteiger partial charge in [0.1, 0.15) is 11.6 Å². The van der Waals surface area contributed by atoms with Crippen molar-refractivity contribution in [2.75, 3.05) is 7.05 Å². The van der Waals surface area contributed by atoms with E-state index in [1.165, 1.54) is 25.8 Å². The summed E-state index contributed by atoms with van der Waals surface area (Å²) in [7, 11) is 1.52. The Hall–Kier alpha value is -1.10. The topological polar surface area (TPSA) is 66.8 Å². The van der Waals surface area contributed by atoms with Gasteiger partial charge in [0.15, 0.2) is 0 Å². The molecular formula is C14H25NO4. The summed E-state index contributed by atoms with van der Waals surface area (Å²) in [6, 6.07) is 0. The second kappa shape index (κ2) is 6.37. The Morgan fingerprint density at radius 1 is 1.37 bits per heavy atom. The molecule has 0 saturated heterocycles. The van der Waals surface area contributed by atoms with Crippen LogP contribution in [0.2, 0.25) is 0 Å². The number of hydrogen-bond acceptors (Lipinski definition) is 3. The fourth-order valence-electron chi connectivity index (χ4n) is 2.22. The maximum Gasteiger partial charge on any atom is 0.329 e. The molecule has 0 aromatic rings. The number of carboxylic acid groups (broad SMARTS) is 1. The third-order valence-electron chi connectivity index (χ3n) is 4.00. The first-order valence-corrected chi connectivity index (χ1v) is 6.97. The molecule has 1 saturated carbocycles. The van der Waals surface area contributed by atoms with Gasteiger partial charge in [-0.25, -0.2) is 4.79 Å². The van der Waals surface area contributed by atoms with Gasteiger partial charge in [0.2, 0.25) is 0 Å². The average molecular weight is 271 g/mol. The number of carbonyl (C=O) groups excluding carboxylic acids is 1. The summed E-state index contributed by atoms with van der Waals surface area (Å²) in [5.74, 6) is -1.26. The highest BCUT2D eigenvalue weighted by molar-refractivity contribution is 5.88. The largest absolute Gasteiger partial charge is 0.480 e. The Bertz CT molecular complexity index is 334. The van der Waals surface area contributed by atoms with Gasteiger partial charge in [-0.2, -0.15) is 0 Å². The molecule has 1 amide bonds. The molecule has 0 heterocycles. The summed E-state index contributed by atoms with van der Waals surface area (Å²) in [6.45, 7) is 4.93. The monoisotopic (exact) mass is 271 g/mol. The molecule has 0 bridgehead atoms. The number of carboxylic acids is 1. The van der Waals surface area contributed by atoms with E-state index in [4.69, 9.17) is 9.84 Å². The van der Waals surface area contributed by atoms with Crippen molar-refractivity contribution in [1.29, 1.82) is 0 Å². The van der Waals surface area contributed by atoms with Crippen LogP contribution in [0.15, 0.2) is 0 Å². The zero-order valence-electron chi connectivity index (χ0n) is 12.3. The number of amides is 1. The number of rotatable bonds is 6. The first kappa shape index (κ1) is 16.0. The lowest BCUT2D eigenvalue weighted by Gasteiger charge is -2.34. The summed E-state index contributed by atoms with van der Waals surface area (Å²) >= 11 is 0. The molecule has 0 spiro atoms. The fourth-order valence-corrected chi connectivity index (χ4v) is 2.22. The van der Waals surface area contributed by atoms with Gasteiger partial charge in [-0.1, -0.05) is 19.8 Å². The molecule has 1 atom stereocenters. The number of hydrogen-bond donors (Lipinski definition) is 1. The van der Waals surface area contributed by atoms with Crippen LogP contribution in [0.5, 0.6) is 0 Å². The second-order valence-corrected chi connectivity index (χ2v) is 5.70. The minimum absolute atomic E-state index is 0.148. The zero-order chi connectivity index (χ0) is 14.6. The lowest BCUT2D eigenvalue weighted by Crippen LogP contribution is -2.54. The summed E-state index contributed by atoms with van der Waals surface area (Å²) in [4.78, 5) is 24.8. The molecule has 1 aliphatic rings. The molecule has 1 unspecified atom stereocenters. The van der Waals surface area contributed by atoms with Gasteiger partial charge in [0, 0.05) is 7.05 Å². The SMILES string of the molecule is CCC(OC1CCCC1)C(=O)N(C)C(C)(C)C(=O)O. The van der Waals surface area contributed by atoms with E-state index in [0.717, 1.165) is 25.7 Å². The van der Waals surface area contributed by atoms with E-state index in [2.05, 4.69) is 0 Å². The molecular weight excluding hydrogens is 246 g/mol. The smallest absolute Gasteiger partial charge is 0.329 e. The molecule has 110 valence electrons. The first-order chi connectivity index (χ1) is 8.80. The van der Waals surface area contributed by atoms with Crippen LogP contribution in [0.25, 0.3) is 0 Å². The predicted molar refractivity (Wildman–Crippen MR) is 71.9 cm³/mol. The van der Waals surface area contributed by atoms with Crippen molar-refractivity contribution < 1.29 is 19.4 Å². The van der Waals surface area contributed by atoms with Crippen molar-refractivity contribution in [2.24, 2.45) is 0 Å². The minimum Gasteiger partial charge on any atom is -0.480 e. The Morgan fingerprint density at radius 2 is 1.89 bits per heavy atom. The molecule has 1 fully saturated rings. The van der Waals surface area contributed by atoms with Crippen LogP contribution in [-0.4, -0.2) is 46.7 Å². The molecule has 1 N–H and O–H groups in total. The highest BCUT2D eigenvalue weighted by Crippen LogP contribution is 2.24. The van der Waals surface area contributed by atoms with E-state index in [1.807, 2.05) is 6.92 Å². The molecule has 0 aromatic heterocycles. The summed E-state index contributed by atoms with van der Waals surface area (Å²) in [6.07, 6.45) is 4.46. The standard InChI is InChI=1S/C14H25NO4/c1-5-11(19-10-8-6-7-9-10)12(16)15(4)14(2,3)13(17)18/h10-11H,5-9H2,1-4H3,(H,17,18). The second-order valence-electron chi connectivity index (χ2n) is 5.70. The summed E-state index contributed by atoms with van der Waals surface area (Å²) in [5, 5.41) is 9.16. The maximum atomic E-state index is 12.4. The maximum absolute atomic E-state index is 12.4. The van der Waals surface area contributed by atoms with Crippen LogP contribution < -0.4 is 0 Å². The van der Waals surface area contributed by atoms with Crippen LogP contribution in [0.3, 0.4) is 0 Å². The van der Waals surface area contributed by atoms with Crippen LogP contribution in [-0.2, 0) is 14.3 Å². The van der Waals surface area contributed by atoms with Gasteiger partial charge in [-0.05, 0) is 33.1 Å². The minimum atomic E-state index is -1.22. The van der Waals surface area contributed by atoms with E-state index >= 15 is 0 Å². The van der Waals surface area contributed by atoms with Crippen LogP contribution in [0.1, 0.15) is 52.9 Å². The lowest BCUT2D eigenvalue weighted by molar-refractivity contribution is -0.162. The van der Waals surface area contributed by atoms with Gasteiger partial charge < -0.3 is 14.7 Å². The van der Waals surface area contributed by atoms with E-state index in [-0.39, 0.29) is 12.0 Å². The Labute approximate surface area is 114 Å². The molecule has 0 radical (unpaired) electrons. The molecule has 1 aliphatic carbocycles.